The third-order valence-corrected chi connectivity index (χ3v) is 3.98. The Labute approximate surface area is 117 Å². The van der Waals surface area contributed by atoms with Gasteiger partial charge in [-0.05, 0) is 31.1 Å². The Bertz CT molecular complexity index is 495. The molecular weight excluding hydrogens is 260 g/mol. The van der Waals surface area contributed by atoms with E-state index in [-0.39, 0.29) is 23.5 Å². The molecule has 3 atom stereocenters. The third kappa shape index (κ3) is 3.36. The molecule has 7 heteroatoms. The first kappa shape index (κ1) is 14.5. The van der Waals surface area contributed by atoms with Gasteiger partial charge in [0.1, 0.15) is 6.10 Å². The fourth-order valence-electron chi connectivity index (χ4n) is 2.51. The van der Waals surface area contributed by atoms with Crippen molar-refractivity contribution < 1.29 is 9.66 Å². The van der Waals surface area contributed by atoms with Crippen molar-refractivity contribution in [3.05, 3.63) is 22.2 Å². The number of nitro groups is 1. The van der Waals surface area contributed by atoms with Crippen LogP contribution >= 0.6 is 0 Å². The molecule has 110 valence electrons. The van der Waals surface area contributed by atoms with Crippen LogP contribution in [0.1, 0.15) is 33.1 Å². The van der Waals surface area contributed by atoms with E-state index >= 15 is 0 Å². The molecule has 0 radical (unpaired) electrons. The molecule has 0 aliphatic heterocycles. The second kappa shape index (κ2) is 6.04. The highest BCUT2D eigenvalue weighted by Gasteiger charge is 2.26. The van der Waals surface area contributed by atoms with Gasteiger partial charge in [-0.15, -0.1) is 0 Å². The summed E-state index contributed by atoms with van der Waals surface area (Å²) >= 11 is 0. The fraction of sp³-hybridized carbons (Fsp3) is 0.615. The molecule has 0 spiro atoms. The van der Waals surface area contributed by atoms with Crippen molar-refractivity contribution >= 4 is 11.5 Å². The van der Waals surface area contributed by atoms with Gasteiger partial charge in [0.05, 0.1) is 17.1 Å². The molecule has 2 rings (SSSR count). The minimum atomic E-state index is -0.485. The van der Waals surface area contributed by atoms with Gasteiger partial charge in [0.15, 0.2) is 5.82 Å². The first-order valence-electron chi connectivity index (χ1n) is 6.79. The van der Waals surface area contributed by atoms with E-state index in [1.165, 1.54) is 12.1 Å². The molecule has 1 aromatic rings. The average molecular weight is 280 g/mol. The predicted molar refractivity (Wildman–Crippen MR) is 75.3 cm³/mol. The highest BCUT2D eigenvalue weighted by atomic mass is 16.6. The molecule has 1 heterocycles. The number of pyridine rings is 1. The summed E-state index contributed by atoms with van der Waals surface area (Å²) in [7, 11) is 0. The van der Waals surface area contributed by atoms with Crippen LogP contribution in [0.15, 0.2) is 12.1 Å². The molecule has 0 amide bonds. The lowest BCUT2D eigenvalue weighted by molar-refractivity contribution is -0.384. The Balaban J connectivity index is 2.12. The third-order valence-electron chi connectivity index (χ3n) is 3.98. The van der Waals surface area contributed by atoms with Gasteiger partial charge in [0.25, 0.3) is 5.69 Å². The molecule has 1 aliphatic carbocycles. The highest BCUT2D eigenvalue weighted by molar-refractivity contribution is 5.47. The summed E-state index contributed by atoms with van der Waals surface area (Å²) in [6, 6.07) is 2.61. The van der Waals surface area contributed by atoms with Crippen LogP contribution in [0.5, 0.6) is 5.88 Å². The minimum absolute atomic E-state index is 0.0568. The van der Waals surface area contributed by atoms with E-state index in [0.29, 0.717) is 11.8 Å². The van der Waals surface area contributed by atoms with Crippen LogP contribution in [-0.2, 0) is 0 Å². The highest BCUT2D eigenvalue weighted by Crippen LogP contribution is 2.32. The lowest BCUT2D eigenvalue weighted by atomic mass is 9.80. The number of anilines is 1. The average Bonchev–Trinajstić information content (AvgIpc) is 2.42. The largest absolute Gasteiger partial charge is 0.474 e. The van der Waals surface area contributed by atoms with Crippen LogP contribution < -0.4 is 16.0 Å². The second-order valence-corrected chi connectivity index (χ2v) is 5.46. The summed E-state index contributed by atoms with van der Waals surface area (Å²) in [5.74, 6) is 7.02. The molecule has 1 fully saturated rings. The topological polar surface area (TPSA) is 103 Å². The first-order valence-corrected chi connectivity index (χ1v) is 6.79. The lowest BCUT2D eigenvalue weighted by Crippen LogP contribution is -2.29. The van der Waals surface area contributed by atoms with Gasteiger partial charge >= 0.3 is 0 Å². The first-order chi connectivity index (χ1) is 9.49. The van der Waals surface area contributed by atoms with Gasteiger partial charge in [0, 0.05) is 0 Å². The van der Waals surface area contributed by atoms with Crippen molar-refractivity contribution in [2.24, 2.45) is 17.7 Å². The van der Waals surface area contributed by atoms with Gasteiger partial charge in [0.2, 0.25) is 5.88 Å². The Kier molecular flexibility index (Phi) is 4.39. The summed E-state index contributed by atoms with van der Waals surface area (Å²) in [5, 5.41) is 10.9. The van der Waals surface area contributed by atoms with E-state index in [0.717, 1.165) is 19.3 Å². The molecule has 1 aliphatic rings. The molecule has 3 N–H and O–H groups in total. The van der Waals surface area contributed by atoms with Gasteiger partial charge in [-0.1, -0.05) is 13.8 Å². The van der Waals surface area contributed by atoms with E-state index in [9.17, 15) is 10.1 Å². The molecule has 7 nitrogen and oxygen atoms in total. The quantitative estimate of drug-likeness (QED) is 0.499. The summed E-state index contributed by atoms with van der Waals surface area (Å²) in [6.07, 6.45) is 3.04. The maximum atomic E-state index is 10.9. The number of nitrogens with one attached hydrogen (secondary N) is 1. The molecule has 3 unspecified atom stereocenters. The second-order valence-electron chi connectivity index (χ2n) is 5.46. The molecule has 1 aromatic heterocycles. The fourth-order valence-corrected chi connectivity index (χ4v) is 2.51. The molecule has 20 heavy (non-hydrogen) atoms. The number of hydrogen-bond acceptors (Lipinski definition) is 6. The zero-order valence-electron chi connectivity index (χ0n) is 11.7. The normalized spacial score (nSPS) is 26.1. The Morgan fingerprint density at radius 3 is 2.75 bits per heavy atom. The van der Waals surface area contributed by atoms with Crippen LogP contribution in [0.4, 0.5) is 11.5 Å². The van der Waals surface area contributed by atoms with Crippen molar-refractivity contribution in [3.63, 3.8) is 0 Å². The van der Waals surface area contributed by atoms with Crippen LogP contribution in [-0.4, -0.2) is 16.0 Å². The van der Waals surface area contributed by atoms with Crippen molar-refractivity contribution in [2.75, 3.05) is 5.43 Å². The smallest absolute Gasteiger partial charge is 0.278 e. The maximum absolute atomic E-state index is 10.9. The summed E-state index contributed by atoms with van der Waals surface area (Å²) in [6.45, 7) is 4.44. The Hall–Kier alpha value is -1.89. The van der Waals surface area contributed by atoms with Gasteiger partial charge in [-0.25, -0.2) is 5.84 Å². The van der Waals surface area contributed by atoms with E-state index in [2.05, 4.69) is 24.3 Å². The Morgan fingerprint density at radius 2 is 2.15 bits per heavy atom. The number of hydrazine groups is 1. The molecular formula is C13H20N4O3. The zero-order valence-corrected chi connectivity index (χ0v) is 11.7. The maximum Gasteiger partial charge on any atom is 0.278 e. The van der Waals surface area contributed by atoms with Crippen LogP contribution in [0.3, 0.4) is 0 Å². The summed E-state index contributed by atoms with van der Waals surface area (Å²) in [5.41, 5.74) is 2.24. The standard InChI is InChI=1S/C13H20N4O3/c1-8-3-4-11(5-9(8)2)20-13-7-10(17(18)19)6-12(15-13)16-14/h6-9,11H,3-5,14H2,1-2H3,(H,15,16). The number of nitrogens with zero attached hydrogens (tertiary/aromatic N) is 2. The Morgan fingerprint density at radius 1 is 1.40 bits per heavy atom. The number of aromatic nitrogens is 1. The van der Waals surface area contributed by atoms with Crippen LogP contribution in [0.2, 0.25) is 0 Å². The van der Waals surface area contributed by atoms with Crippen molar-refractivity contribution in [3.8, 4) is 5.88 Å². The van der Waals surface area contributed by atoms with Crippen molar-refractivity contribution in [2.45, 2.75) is 39.2 Å². The van der Waals surface area contributed by atoms with E-state index in [1.54, 1.807) is 0 Å². The summed E-state index contributed by atoms with van der Waals surface area (Å²) < 4.78 is 5.80. The van der Waals surface area contributed by atoms with Gasteiger partial charge in [-0.3, -0.25) is 10.1 Å². The molecule has 0 bridgehead atoms. The number of ether oxygens (including phenoxy) is 1. The molecule has 1 saturated carbocycles. The number of nitrogens with two attached hydrogens (primary N) is 1. The lowest BCUT2D eigenvalue weighted by Gasteiger charge is -2.31. The zero-order chi connectivity index (χ0) is 14.7. The SMILES string of the molecule is CC1CCC(Oc2cc([N+](=O)[O-])cc(NN)n2)CC1C. The van der Waals surface area contributed by atoms with Gasteiger partial charge in [-0.2, -0.15) is 4.98 Å². The predicted octanol–water partition coefficient (Wildman–Crippen LogP) is 2.48. The van der Waals surface area contributed by atoms with Crippen LogP contribution in [0.25, 0.3) is 0 Å². The molecule has 0 saturated heterocycles. The van der Waals surface area contributed by atoms with E-state index < -0.39 is 4.92 Å². The van der Waals surface area contributed by atoms with Crippen LogP contribution in [0, 0.1) is 22.0 Å². The number of rotatable bonds is 4. The number of hydrogen-bond donors (Lipinski definition) is 2. The van der Waals surface area contributed by atoms with Crippen molar-refractivity contribution in [1.29, 1.82) is 0 Å². The molecule has 0 aromatic carbocycles. The monoisotopic (exact) mass is 280 g/mol. The number of nitrogen functional groups attached to an aromatic ring is 1. The van der Waals surface area contributed by atoms with Crippen molar-refractivity contribution in [1.82, 2.24) is 4.98 Å². The van der Waals surface area contributed by atoms with Gasteiger partial charge < -0.3 is 10.2 Å². The minimum Gasteiger partial charge on any atom is -0.474 e. The summed E-state index contributed by atoms with van der Waals surface area (Å²) in [4.78, 5) is 14.5. The van der Waals surface area contributed by atoms with E-state index in [4.69, 9.17) is 10.6 Å². The van der Waals surface area contributed by atoms with E-state index in [1.807, 2.05) is 0 Å².